The molecule has 1 aromatic carbocycles. The van der Waals surface area contributed by atoms with Gasteiger partial charge < -0.3 is 10.3 Å². The maximum absolute atomic E-state index is 16.0. The molecule has 5 heterocycles. The minimum absolute atomic E-state index is 0.187. The fourth-order valence-electron chi connectivity index (χ4n) is 4.11. The number of imidazole rings is 1. The van der Waals surface area contributed by atoms with Crippen molar-refractivity contribution in [1.82, 2.24) is 30.1 Å². The Morgan fingerprint density at radius 1 is 1.08 bits per heavy atom. The molecule has 0 bridgehead atoms. The SMILES string of the molecule is C=C(Nc1cncc(-c2ncc3[nH]nc(-c4nc5c(-c6ccsc6)cccc5[nH]4)c3c2F)c1)C(C)C. The van der Waals surface area contributed by atoms with Crippen molar-refractivity contribution < 1.29 is 4.39 Å². The molecule has 0 aliphatic rings. The van der Waals surface area contributed by atoms with E-state index < -0.39 is 5.82 Å². The number of benzene rings is 1. The Morgan fingerprint density at radius 2 is 1.97 bits per heavy atom. The van der Waals surface area contributed by atoms with Gasteiger partial charge in [0.15, 0.2) is 11.6 Å². The number of halogens is 1. The van der Waals surface area contributed by atoms with Gasteiger partial charge >= 0.3 is 0 Å². The standard InChI is InChI=1S/C27H22FN7S/c1-14(2)15(3)31-18-9-17(10-29-11-18)24-23(28)22-21(12-30-24)34-35-26(22)27-32-20-6-4-5-19(25(20)33-27)16-7-8-36-13-16/h4-14,31H,3H2,1-2H3,(H,32,33)(H,34,35). The minimum atomic E-state index is -0.489. The second-order valence-electron chi connectivity index (χ2n) is 8.85. The van der Waals surface area contributed by atoms with Crippen LogP contribution in [0.1, 0.15) is 13.8 Å². The number of allylic oxidation sites excluding steroid dienone is 1. The number of pyridine rings is 2. The molecule has 7 nitrogen and oxygen atoms in total. The minimum Gasteiger partial charge on any atom is -0.358 e. The molecule has 0 fully saturated rings. The maximum atomic E-state index is 16.0. The zero-order valence-corrected chi connectivity index (χ0v) is 20.4. The predicted molar refractivity (Wildman–Crippen MR) is 143 cm³/mol. The highest BCUT2D eigenvalue weighted by Crippen LogP contribution is 2.35. The molecule has 0 amide bonds. The number of aromatic nitrogens is 6. The van der Waals surface area contributed by atoms with Gasteiger partial charge in [0.1, 0.15) is 11.4 Å². The zero-order valence-electron chi connectivity index (χ0n) is 19.6. The molecule has 0 aliphatic heterocycles. The Kier molecular flexibility index (Phi) is 5.34. The number of rotatable bonds is 6. The van der Waals surface area contributed by atoms with Crippen LogP contribution in [0, 0.1) is 11.7 Å². The monoisotopic (exact) mass is 495 g/mol. The summed E-state index contributed by atoms with van der Waals surface area (Å²) in [6.07, 6.45) is 4.85. The van der Waals surface area contributed by atoms with Crippen molar-refractivity contribution in [3.8, 4) is 33.9 Å². The van der Waals surface area contributed by atoms with Gasteiger partial charge in [0.25, 0.3) is 0 Å². The number of nitrogens with one attached hydrogen (secondary N) is 3. The van der Waals surface area contributed by atoms with Crippen molar-refractivity contribution in [2.75, 3.05) is 5.32 Å². The van der Waals surface area contributed by atoms with E-state index in [-0.39, 0.29) is 11.6 Å². The maximum Gasteiger partial charge on any atom is 0.161 e. The van der Waals surface area contributed by atoms with Crippen LogP contribution >= 0.6 is 11.3 Å². The van der Waals surface area contributed by atoms with Crippen LogP contribution in [0.3, 0.4) is 0 Å². The first-order valence-electron chi connectivity index (χ1n) is 11.4. The van der Waals surface area contributed by atoms with E-state index in [4.69, 9.17) is 4.98 Å². The molecule has 9 heteroatoms. The van der Waals surface area contributed by atoms with E-state index >= 15 is 4.39 Å². The first kappa shape index (κ1) is 22.1. The number of anilines is 1. The van der Waals surface area contributed by atoms with Crippen molar-refractivity contribution >= 4 is 39.0 Å². The lowest BCUT2D eigenvalue weighted by Crippen LogP contribution is -2.05. The fraction of sp³-hybridized carbons (Fsp3) is 0.111. The molecule has 0 unspecified atom stereocenters. The van der Waals surface area contributed by atoms with Crippen LogP contribution in [-0.4, -0.2) is 30.1 Å². The summed E-state index contributed by atoms with van der Waals surface area (Å²) in [5.74, 6) is 0.241. The second kappa shape index (κ2) is 8.69. The molecule has 0 saturated carbocycles. The van der Waals surface area contributed by atoms with Crippen LogP contribution in [0.5, 0.6) is 0 Å². The summed E-state index contributed by atoms with van der Waals surface area (Å²) in [7, 11) is 0. The molecule has 6 rings (SSSR count). The predicted octanol–water partition coefficient (Wildman–Crippen LogP) is 7.01. The van der Waals surface area contributed by atoms with Gasteiger partial charge in [0, 0.05) is 23.0 Å². The molecule has 178 valence electrons. The molecule has 0 aliphatic carbocycles. The third-order valence-corrected chi connectivity index (χ3v) is 6.81. The highest BCUT2D eigenvalue weighted by molar-refractivity contribution is 7.08. The molecule has 3 N–H and O–H groups in total. The number of aromatic amines is 2. The summed E-state index contributed by atoms with van der Waals surface area (Å²) in [5, 5.41) is 14.9. The lowest BCUT2D eigenvalue weighted by molar-refractivity contribution is 0.638. The average molecular weight is 496 g/mol. The first-order chi connectivity index (χ1) is 17.5. The highest BCUT2D eigenvalue weighted by atomic mass is 32.1. The Bertz CT molecular complexity index is 1730. The molecule has 0 atom stereocenters. The van der Waals surface area contributed by atoms with Crippen molar-refractivity contribution in [3.05, 3.63) is 77.8 Å². The quantitative estimate of drug-likeness (QED) is 0.231. The molecule has 0 spiro atoms. The Hall–Kier alpha value is -4.37. The summed E-state index contributed by atoms with van der Waals surface area (Å²) < 4.78 is 16.0. The molecule has 6 aromatic rings. The second-order valence-corrected chi connectivity index (χ2v) is 9.63. The Labute approximate surface area is 210 Å². The molecule has 5 aromatic heterocycles. The van der Waals surface area contributed by atoms with E-state index in [1.165, 1.54) is 0 Å². The molecule has 0 radical (unpaired) electrons. The Balaban J connectivity index is 1.46. The van der Waals surface area contributed by atoms with Crippen LogP contribution in [-0.2, 0) is 0 Å². The number of H-pyrrole nitrogens is 2. The molecule has 0 saturated heterocycles. The summed E-state index contributed by atoms with van der Waals surface area (Å²) in [4.78, 5) is 16.8. The summed E-state index contributed by atoms with van der Waals surface area (Å²) in [6, 6.07) is 9.83. The third-order valence-electron chi connectivity index (χ3n) is 6.13. The van der Waals surface area contributed by atoms with E-state index in [2.05, 4.69) is 48.5 Å². The summed E-state index contributed by atoms with van der Waals surface area (Å²) in [6.45, 7) is 8.13. The van der Waals surface area contributed by atoms with Crippen LogP contribution in [0.15, 0.2) is 72.0 Å². The number of para-hydroxylation sites is 1. The largest absolute Gasteiger partial charge is 0.358 e. The van der Waals surface area contributed by atoms with Gasteiger partial charge in [-0.2, -0.15) is 16.4 Å². The van der Waals surface area contributed by atoms with E-state index in [0.717, 1.165) is 33.5 Å². The zero-order chi connectivity index (χ0) is 24.8. The van der Waals surface area contributed by atoms with E-state index in [1.807, 2.05) is 43.5 Å². The number of nitrogens with zero attached hydrogens (tertiary/aromatic N) is 4. The number of hydrogen-bond acceptors (Lipinski definition) is 6. The Morgan fingerprint density at radius 3 is 2.78 bits per heavy atom. The van der Waals surface area contributed by atoms with E-state index in [1.54, 1.807) is 29.9 Å². The van der Waals surface area contributed by atoms with Crippen molar-refractivity contribution in [2.45, 2.75) is 13.8 Å². The van der Waals surface area contributed by atoms with Crippen LogP contribution in [0.2, 0.25) is 0 Å². The first-order valence-corrected chi connectivity index (χ1v) is 12.4. The number of thiophene rings is 1. The summed E-state index contributed by atoms with van der Waals surface area (Å²) in [5.41, 5.74) is 6.96. The van der Waals surface area contributed by atoms with Crippen LogP contribution < -0.4 is 5.32 Å². The molecule has 36 heavy (non-hydrogen) atoms. The number of fused-ring (bicyclic) bond motifs is 2. The molecular formula is C27H22FN7S. The number of hydrogen-bond donors (Lipinski definition) is 3. The topological polar surface area (TPSA) is 95.2 Å². The summed E-state index contributed by atoms with van der Waals surface area (Å²) >= 11 is 1.63. The van der Waals surface area contributed by atoms with Gasteiger partial charge in [-0.1, -0.05) is 32.6 Å². The van der Waals surface area contributed by atoms with Gasteiger partial charge in [0.2, 0.25) is 0 Å². The lowest BCUT2D eigenvalue weighted by Gasteiger charge is -2.13. The van der Waals surface area contributed by atoms with Gasteiger partial charge in [-0.05, 0) is 40.4 Å². The van der Waals surface area contributed by atoms with Crippen molar-refractivity contribution in [3.63, 3.8) is 0 Å². The van der Waals surface area contributed by atoms with Crippen LogP contribution in [0.25, 0.3) is 55.8 Å². The van der Waals surface area contributed by atoms with Crippen molar-refractivity contribution in [1.29, 1.82) is 0 Å². The van der Waals surface area contributed by atoms with Gasteiger partial charge in [-0.3, -0.25) is 15.1 Å². The molecular weight excluding hydrogens is 473 g/mol. The van der Waals surface area contributed by atoms with Crippen molar-refractivity contribution in [2.24, 2.45) is 5.92 Å². The van der Waals surface area contributed by atoms with Gasteiger partial charge in [0.05, 0.1) is 40.0 Å². The van der Waals surface area contributed by atoms with Gasteiger partial charge in [-0.25, -0.2) is 9.37 Å². The normalized spacial score (nSPS) is 11.6. The fourth-order valence-corrected chi connectivity index (χ4v) is 4.77. The smallest absolute Gasteiger partial charge is 0.161 e. The third kappa shape index (κ3) is 3.74. The van der Waals surface area contributed by atoms with E-state index in [9.17, 15) is 0 Å². The van der Waals surface area contributed by atoms with Gasteiger partial charge in [-0.15, -0.1) is 0 Å². The highest BCUT2D eigenvalue weighted by Gasteiger charge is 2.21. The average Bonchev–Trinajstić information content (AvgIpc) is 3.63. The van der Waals surface area contributed by atoms with Crippen LogP contribution in [0.4, 0.5) is 10.1 Å². The lowest BCUT2D eigenvalue weighted by atomic mass is 10.1. The van der Waals surface area contributed by atoms with E-state index in [0.29, 0.717) is 28.0 Å².